The van der Waals surface area contributed by atoms with Crippen LogP contribution >= 0.6 is 0 Å². The predicted octanol–water partition coefficient (Wildman–Crippen LogP) is 8.14. The number of rotatable bonds is 6. The molecule has 0 N–H and O–H groups in total. The first-order chi connectivity index (χ1) is 12.0. The molecule has 0 heterocycles. The smallest absolute Gasteiger partial charge is 0.169 e. The fraction of sp³-hybridized carbons (Fsp3) is 0.400. The summed E-state index contributed by atoms with van der Waals surface area (Å²) in [6, 6.07) is 0. The normalized spacial score (nSPS) is 13.2. The van der Waals surface area contributed by atoms with Crippen molar-refractivity contribution in [3.8, 4) is 0 Å². The number of halogens is 6. The molecular weight excluding hydrogens is 354 g/mol. The van der Waals surface area contributed by atoms with Crippen molar-refractivity contribution >= 4 is 0 Å². The third-order valence-electron chi connectivity index (χ3n) is 2.88. The van der Waals surface area contributed by atoms with Crippen LogP contribution in [-0.4, -0.2) is 12.4 Å². The molecule has 0 fully saturated rings. The van der Waals surface area contributed by atoms with Gasteiger partial charge in [-0.25, -0.2) is 0 Å². The van der Waals surface area contributed by atoms with E-state index < -0.39 is 28.9 Å². The van der Waals surface area contributed by atoms with E-state index in [0.717, 1.165) is 24.3 Å². The zero-order chi connectivity index (χ0) is 21.6. The average Bonchev–Trinajstić information content (AvgIpc) is 2.56. The van der Waals surface area contributed by atoms with Crippen molar-refractivity contribution in [1.82, 2.24) is 0 Å². The maximum atomic E-state index is 13.6. The Morgan fingerprint density at radius 2 is 1.04 bits per heavy atom. The van der Waals surface area contributed by atoms with Gasteiger partial charge in [0.05, 0.1) is 0 Å². The predicted molar refractivity (Wildman–Crippen MR) is 98.8 cm³/mol. The summed E-state index contributed by atoms with van der Waals surface area (Å²) in [7, 11) is 0. The molecule has 0 rings (SSSR count). The molecule has 0 nitrogen and oxygen atoms in total. The molecule has 0 saturated carbocycles. The Labute approximate surface area is 153 Å². The van der Waals surface area contributed by atoms with Crippen molar-refractivity contribution in [1.29, 1.82) is 0 Å². The Hall–Kier alpha value is -1.98. The first-order valence-corrected chi connectivity index (χ1v) is 8.09. The number of hydrogen-bond acceptors (Lipinski definition) is 0. The highest BCUT2D eigenvalue weighted by atomic mass is 19.4. The van der Waals surface area contributed by atoms with E-state index in [0.29, 0.717) is 18.2 Å². The van der Waals surface area contributed by atoms with Gasteiger partial charge >= 0.3 is 12.4 Å². The molecule has 0 aromatic carbocycles. The van der Waals surface area contributed by atoms with E-state index in [1.807, 2.05) is 27.7 Å². The van der Waals surface area contributed by atoms with Crippen LogP contribution in [0.25, 0.3) is 0 Å². The Morgan fingerprint density at radius 3 is 1.27 bits per heavy atom. The van der Waals surface area contributed by atoms with Crippen LogP contribution in [0.1, 0.15) is 34.6 Å². The van der Waals surface area contributed by atoms with E-state index in [1.54, 1.807) is 0 Å². The van der Waals surface area contributed by atoms with Gasteiger partial charge in [0.15, 0.2) is 0 Å². The lowest BCUT2D eigenvalue weighted by atomic mass is 9.71. The van der Waals surface area contributed by atoms with Crippen molar-refractivity contribution in [3.63, 3.8) is 0 Å². The second kappa shape index (κ2) is 13.3. The molecule has 0 bridgehead atoms. The van der Waals surface area contributed by atoms with Crippen LogP contribution < -0.4 is 0 Å². The molecule has 0 saturated heterocycles. The third-order valence-corrected chi connectivity index (χ3v) is 2.88. The standard InChI is InChI=1S/C16H16F6.2C2H6/c1-5-9-12(8-4)14(15(17,18)19,16(20,21)22)13(10-6-2)11-7-3;2*1-2/h5-11H,1-2,4H2,3H3;2*1-2H3/b11-7-,12-9+,13-10+;;. The molecule has 0 aliphatic rings. The van der Waals surface area contributed by atoms with Gasteiger partial charge in [-0.2, -0.15) is 26.3 Å². The lowest BCUT2D eigenvalue weighted by molar-refractivity contribution is -0.308. The molecule has 0 aliphatic carbocycles. The minimum atomic E-state index is -5.64. The first kappa shape index (κ1) is 28.8. The summed E-state index contributed by atoms with van der Waals surface area (Å²) in [4.78, 5) is 0. The zero-order valence-corrected chi connectivity index (χ0v) is 15.9. The van der Waals surface area contributed by atoms with E-state index in [4.69, 9.17) is 0 Å². The first-order valence-electron chi connectivity index (χ1n) is 8.09. The second-order valence-electron chi connectivity index (χ2n) is 4.17. The quantitative estimate of drug-likeness (QED) is 0.321. The highest BCUT2D eigenvalue weighted by molar-refractivity contribution is 5.47. The zero-order valence-electron chi connectivity index (χ0n) is 15.9. The van der Waals surface area contributed by atoms with Gasteiger partial charge < -0.3 is 0 Å². The topological polar surface area (TPSA) is 0 Å². The summed E-state index contributed by atoms with van der Waals surface area (Å²) < 4.78 is 81.5. The van der Waals surface area contributed by atoms with Gasteiger partial charge in [0.2, 0.25) is 5.41 Å². The van der Waals surface area contributed by atoms with Crippen LogP contribution in [0.15, 0.2) is 73.4 Å². The van der Waals surface area contributed by atoms with Crippen LogP contribution in [0.5, 0.6) is 0 Å². The highest BCUT2D eigenvalue weighted by Crippen LogP contribution is 2.59. The van der Waals surface area contributed by atoms with Crippen molar-refractivity contribution < 1.29 is 26.3 Å². The molecule has 150 valence electrons. The van der Waals surface area contributed by atoms with Crippen molar-refractivity contribution in [2.45, 2.75) is 47.0 Å². The van der Waals surface area contributed by atoms with E-state index in [2.05, 4.69) is 19.7 Å². The molecule has 26 heavy (non-hydrogen) atoms. The van der Waals surface area contributed by atoms with Crippen molar-refractivity contribution in [2.24, 2.45) is 5.41 Å². The summed E-state index contributed by atoms with van der Waals surface area (Å²) in [5.41, 5.74) is -6.27. The van der Waals surface area contributed by atoms with Crippen LogP contribution in [0.3, 0.4) is 0 Å². The Bertz CT molecular complexity index is 499. The van der Waals surface area contributed by atoms with Gasteiger partial charge in [-0.15, -0.1) is 0 Å². The lowest BCUT2D eigenvalue weighted by Crippen LogP contribution is -2.52. The minimum absolute atomic E-state index is 0.531. The fourth-order valence-electron chi connectivity index (χ4n) is 2.07. The average molecular weight is 382 g/mol. The molecule has 6 heteroatoms. The monoisotopic (exact) mass is 382 g/mol. The van der Waals surface area contributed by atoms with Crippen LogP contribution in [0, 0.1) is 5.41 Å². The van der Waals surface area contributed by atoms with E-state index in [-0.39, 0.29) is 0 Å². The molecule has 0 radical (unpaired) electrons. The van der Waals surface area contributed by atoms with E-state index >= 15 is 0 Å². The third kappa shape index (κ3) is 6.39. The molecule has 0 aromatic rings. The molecule has 0 amide bonds. The Morgan fingerprint density at radius 1 is 0.692 bits per heavy atom. The van der Waals surface area contributed by atoms with Gasteiger partial charge in [0.25, 0.3) is 0 Å². The SMILES string of the molecule is C=C/C=C(\C=C)C(C(/C=C\C)=C/C=C)(C(F)(F)F)C(F)(F)F.CC.CC. The van der Waals surface area contributed by atoms with Crippen LogP contribution in [0.2, 0.25) is 0 Å². The van der Waals surface area contributed by atoms with Gasteiger partial charge in [-0.3, -0.25) is 0 Å². The van der Waals surface area contributed by atoms with Crippen molar-refractivity contribution in [3.05, 3.63) is 73.4 Å². The molecule has 0 aliphatic heterocycles. The van der Waals surface area contributed by atoms with Gasteiger partial charge in [0.1, 0.15) is 0 Å². The van der Waals surface area contributed by atoms with E-state index in [1.165, 1.54) is 6.92 Å². The fourth-order valence-corrected chi connectivity index (χ4v) is 2.07. The molecule has 0 spiro atoms. The van der Waals surface area contributed by atoms with Crippen LogP contribution in [-0.2, 0) is 0 Å². The van der Waals surface area contributed by atoms with E-state index in [9.17, 15) is 26.3 Å². The second-order valence-corrected chi connectivity index (χ2v) is 4.17. The van der Waals surface area contributed by atoms with Gasteiger partial charge in [0, 0.05) is 0 Å². The lowest BCUT2D eigenvalue weighted by Gasteiger charge is -2.39. The largest absolute Gasteiger partial charge is 0.411 e. The molecule has 0 unspecified atom stereocenters. The minimum Gasteiger partial charge on any atom is -0.169 e. The Kier molecular flexibility index (Phi) is 14.7. The number of allylic oxidation sites excluding steroid dienone is 9. The molecule has 0 aromatic heterocycles. The van der Waals surface area contributed by atoms with Crippen LogP contribution in [0.4, 0.5) is 26.3 Å². The summed E-state index contributed by atoms with van der Waals surface area (Å²) in [5, 5.41) is 0. The number of hydrogen-bond donors (Lipinski definition) is 0. The molecule has 0 atom stereocenters. The maximum absolute atomic E-state index is 13.6. The summed E-state index contributed by atoms with van der Waals surface area (Å²) in [6.45, 7) is 18.7. The Balaban J connectivity index is -0.00000123. The summed E-state index contributed by atoms with van der Waals surface area (Å²) >= 11 is 0. The maximum Gasteiger partial charge on any atom is 0.411 e. The van der Waals surface area contributed by atoms with Crippen molar-refractivity contribution in [2.75, 3.05) is 0 Å². The van der Waals surface area contributed by atoms with Gasteiger partial charge in [-0.05, 0) is 18.1 Å². The summed E-state index contributed by atoms with van der Waals surface area (Å²) in [6.07, 6.45) is -5.84. The highest BCUT2D eigenvalue weighted by Gasteiger charge is 2.73. The molecular formula is C20H28F6. The van der Waals surface area contributed by atoms with Gasteiger partial charge in [-0.1, -0.05) is 90.0 Å². The number of alkyl halides is 6. The summed E-state index contributed by atoms with van der Waals surface area (Å²) in [5.74, 6) is 0.